The Balaban J connectivity index is 0.00000128. The van der Waals surface area contributed by atoms with Crippen LogP contribution in [0.25, 0.3) is 6.08 Å². The molecule has 0 spiro atoms. The van der Waals surface area contributed by atoms with Crippen LogP contribution in [0.4, 0.5) is 0 Å². The quantitative estimate of drug-likeness (QED) is 0.430. The van der Waals surface area contributed by atoms with Gasteiger partial charge in [-0.2, -0.15) is 0 Å². The number of rotatable bonds is 4. The van der Waals surface area contributed by atoms with Crippen molar-refractivity contribution in [3.63, 3.8) is 0 Å². The van der Waals surface area contributed by atoms with Crippen molar-refractivity contribution in [3.8, 4) is 0 Å². The van der Waals surface area contributed by atoms with Gasteiger partial charge in [0, 0.05) is 0 Å². The molecule has 0 heterocycles. The third kappa shape index (κ3) is 3.81. The molecule has 1 aromatic rings. The van der Waals surface area contributed by atoms with Crippen molar-refractivity contribution in [2.45, 2.75) is 22.4 Å². The molecule has 89 valence electrons. The summed E-state index contributed by atoms with van der Waals surface area (Å²) in [5.74, 6) is 0. The summed E-state index contributed by atoms with van der Waals surface area (Å²) in [4.78, 5) is 0. The van der Waals surface area contributed by atoms with Crippen molar-refractivity contribution in [3.05, 3.63) is 54.1 Å². The van der Waals surface area contributed by atoms with Gasteiger partial charge in [0.2, 0.25) is 0 Å². The molecule has 1 unspecified atom stereocenters. The number of halogens is 2. The van der Waals surface area contributed by atoms with Gasteiger partial charge in [0.15, 0.2) is 0 Å². The number of hydrogen-bond acceptors (Lipinski definition) is 0. The zero-order valence-corrected chi connectivity index (χ0v) is 13.6. The Morgan fingerprint density at radius 3 is 2.65 bits per heavy atom. The summed E-state index contributed by atoms with van der Waals surface area (Å²) in [5, 5.41) is 0. The molecule has 0 N–H and O–H groups in total. The van der Waals surface area contributed by atoms with Gasteiger partial charge in [0.05, 0.1) is 0 Å². The monoisotopic (exact) mass is 343 g/mol. The minimum Gasteiger partial charge on any atom is -1.00 e. The minimum atomic E-state index is 0. The van der Waals surface area contributed by atoms with Crippen LogP contribution in [0.1, 0.15) is 30.4 Å². The summed E-state index contributed by atoms with van der Waals surface area (Å²) in [7, 11) is 0. The largest absolute Gasteiger partial charge is 1.00 e. The molecule has 0 saturated heterocycles. The molecule has 1 atom stereocenters. The molecule has 1 aliphatic rings. The summed E-state index contributed by atoms with van der Waals surface area (Å²) in [6.45, 7) is 3.78. The van der Waals surface area contributed by atoms with Crippen molar-refractivity contribution in [1.29, 1.82) is 0 Å². The summed E-state index contributed by atoms with van der Waals surface area (Å²) in [6, 6.07) is 8.76. The van der Waals surface area contributed by atoms with E-state index in [0.717, 1.165) is 6.42 Å². The molecule has 0 aliphatic heterocycles. The second-order valence-electron chi connectivity index (χ2n) is 4.07. The fourth-order valence-electron chi connectivity index (χ4n) is 2.11. The molecule has 3 heteroatoms. The predicted octanol–water partition coefficient (Wildman–Crippen LogP) is -2.18. The van der Waals surface area contributed by atoms with Gasteiger partial charge in [-0.05, 0) is 0 Å². The zero-order valence-electron chi connectivity index (χ0n) is 9.63. The van der Waals surface area contributed by atoms with E-state index in [1.165, 1.54) is 24.0 Å². The summed E-state index contributed by atoms with van der Waals surface area (Å²) in [5.41, 5.74) is 2.93. The van der Waals surface area contributed by atoms with Crippen molar-refractivity contribution < 1.29 is 49.5 Å². The average molecular weight is 345 g/mol. The van der Waals surface area contributed by atoms with E-state index >= 15 is 0 Å². The normalized spacial score (nSPS) is 20.1. The van der Waals surface area contributed by atoms with Crippen LogP contribution >= 0.6 is 0 Å². The van der Waals surface area contributed by atoms with Crippen molar-refractivity contribution >= 4 is 6.08 Å². The van der Waals surface area contributed by atoms with Crippen molar-refractivity contribution in [2.75, 3.05) is 0 Å². The van der Waals surface area contributed by atoms with Gasteiger partial charge in [-0.25, -0.2) is 0 Å². The van der Waals surface area contributed by atoms with Gasteiger partial charge in [-0.1, -0.05) is 0 Å². The van der Waals surface area contributed by atoms with Crippen LogP contribution in [0.3, 0.4) is 0 Å². The second-order valence-corrected chi connectivity index (χ2v) is 6.27. The molecule has 0 amide bonds. The Morgan fingerprint density at radius 2 is 1.94 bits per heavy atom. The molecule has 0 aromatic heterocycles. The summed E-state index contributed by atoms with van der Waals surface area (Å²) < 4.78 is 0.340. The van der Waals surface area contributed by atoms with Gasteiger partial charge in [0.25, 0.3) is 0 Å². The van der Waals surface area contributed by atoms with Crippen LogP contribution in [-0.2, 0) is 27.8 Å². The number of fused-ring (bicyclic) bond motifs is 1. The van der Waals surface area contributed by atoms with Crippen LogP contribution in [0.2, 0.25) is 0 Å². The average Bonchev–Trinajstić information content (AvgIpc) is 2.59. The Kier molecular flexibility index (Phi) is 7.64. The molecule has 0 bridgehead atoms. The molecular formula is C14H15Cl2Zr. The fourth-order valence-corrected chi connectivity index (χ4v) is 3.31. The van der Waals surface area contributed by atoms with E-state index in [2.05, 4.69) is 43.0 Å². The smallest absolute Gasteiger partial charge is 1.00 e. The van der Waals surface area contributed by atoms with E-state index in [1.54, 1.807) is 24.7 Å². The maximum Gasteiger partial charge on any atom is -1.00 e. The van der Waals surface area contributed by atoms with E-state index in [1.807, 2.05) is 6.08 Å². The van der Waals surface area contributed by atoms with Crippen molar-refractivity contribution in [2.24, 2.45) is 0 Å². The van der Waals surface area contributed by atoms with Crippen LogP contribution in [0.15, 0.2) is 43.0 Å². The molecule has 2 rings (SSSR count). The first-order valence-corrected chi connectivity index (χ1v) is 6.64. The third-order valence-corrected chi connectivity index (χ3v) is 4.65. The van der Waals surface area contributed by atoms with Gasteiger partial charge in [-0.3, -0.25) is 0 Å². The molecule has 0 nitrogen and oxygen atoms in total. The third-order valence-electron chi connectivity index (χ3n) is 2.97. The Labute approximate surface area is 131 Å². The van der Waals surface area contributed by atoms with E-state index in [-0.39, 0.29) is 24.8 Å². The van der Waals surface area contributed by atoms with Gasteiger partial charge >= 0.3 is 107 Å². The Hall–Kier alpha value is 0.163. The summed E-state index contributed by atoms with van der Waals surface area (Å²) in [6.07, 6.45) is 10.3. The van der Waals surface area contributed by atoms with E-state index in [9.17, 15) is 0 Å². The van der Waals surface area contributed by atoms with Gasteiger partial charge in [-0.15, -0.1) is 0 Å². The molecule has 1 aromatic carbocycles. The number of unbranched alkanes of at least 4 members (excludes halogenated alkanes) is 1. The topological polar surface area (TPSA) is 0 Å². The number of hydrogen-bond donors (Lipinski definition) is 0. The van der Waals surface area contributed by atoms with Crippen LogP contribution in [0.5, 0.6) is 0 Å². The molecule has 17 heavy (non-hydrogen) atoms. The van der Waals surface area contributed by atoms with Gasteiger partial charge < -0.3 is 24.8 Å². The first-order chi connectivity index (χ1) is 7.26. The van der Waals surface area contributed by atoms with E-state index < -0.39 is 0 Å². The maximum absolute atomic E-state index is 3.78. The first kappa shape index (κ1) is 17.2. The van der Waals surface area contributed by atoms with E-state index in [4.69, 9.17) is 0 Å². The van der Waals surface area contributed by atoms with Crippen LogP contribution in [0, 0.1) is 0 Å². The SMILES string of the molecule is C=CCCC[C]1([Zr+2])C=Cc2ccccc21.[Cl-].[Cl-]. The molecule has 0 radical (unpaired) electrons. The van der Waals surface area contributed by atoms with Crippen LogP contribution in [-0.4, -0.2) is 0 Å². The maximum atomic E-state index is 3.78. The number of allylic oxidation sites excluding steroid dienone is 2. The Bertz CT molecular complexity index is 401. The van der Waals surface area contributed by atoms with E-state index in [0.29, 0.717) is 3.12 Å². The summed E-state index contributed by atoms with van der Waals surface area (Å²) >= 11 is 1.60. The fraction of sp³-hybridized carbons (Fsp3) is 0.286. The second kappa shape index (κ2) is 7.57. The Morgan fingerprint density at radius 1 is 1.24 bits per heavy atom. The van der Waals surface area contributed by atoms with Crippen LogP contribution < -0.4 is 24.8 Å². The standard InChI is InChI=1S/C14H15.2ClH.Zr/c1-2-3-4-7-12-10-11-13-8-5-6-9-14(12)13;;;/h2,5-6,8-11H,1,3-4,7H2;2*1H;/q;;;+2/p-2. The first-order valence-electron chi connectivity index (χ1n) is 5.41. The molecular weight excluding hydrogens is 330 g/mol. The molecule has 0 fully saturated rings. The number of benzene rings is 1. The predicted molar refractivity (Wildman–Crippen MR) is 61.2 cm³/mol. The molecule has 1 aliphatic carbocycles. The minimum absolute atomic E-state index is 0. The zero-order chi connectivity index (χ0) is 10.7. The van der Waals surface area contributed by atoms with Crippen molar-refractivity contribution in [1.82, 2.24) is 0 Å². The van der Waals surface area contributed by atoms with Gasteiger partial charge in [0.1, 0.15) is 0 Å². The molecule has 0 saturated carbocycles.